The first kappa shape index (κ1) is 20.2. The van der Waals surface area contributed by atoms with Crippen LogP contribution in [0.15, 0.2) is 71.8 Å². The minimum Gasteiger partial charge on any atom is -0.497 e. The van der Waals surface area contributed by atoms with Crippen molar-refractivity contribution in [3.8, 4) is 23.0 Å². The van der Waals surface area contributed by atoms with E-state index in [1.165, 1.54) is 0 Å². The SMILES string of the molecule is CCOc1ccc(C2=NN3C(C2)c2cccc(OC)c2OC3c2ccc(OC)cc2)cc1. The van der Waals surface area contributed by atoms with E-state index in [0.29, 0.717) is 6.61 Å². The molecule has 32 heavy (non-hydrogen) atoms. The highest BCUT2D eigenvalue weighted by Gasteiger charge is 2.42. The van der Waals surface area contributed by atoms with E-state index < -0.39 is 0 Å². The van der Waals surface area contributed by atoms with Gasteiger partial charge < -0.3 is 18.9 Å². The largest absolute Gasteiger partial charge is 0.497 e. The summed E-state index contributed by atoms with van der Waals surface area (Å²) in [7, 11) is 3.33. The molecule has 0 N–H and O–H groups in total. The lowest BCUT2D eigenvalue weighted by molar-refractivity contribution is -0.0209. The number of hydrogen-bond acceptors (Lipinski definition) is 6. The van der Waals surface area contributed by atoms with Gasteiger partial charge in [-0.3, -0.25) is 0 Å². The van der Waals surface area contributed by atoms with Crippen LogP contribution in [0.5, 0.6) is 23.0 Å². The zero-order chi connectivity index (χ0) is 22.1. The molecule has 2 unspecified atom stereocenters. The molecule has 0 bridgehead atoms. The highest BCUT2D eigenvalue weighted by molar-refractivity contribution is 6.02. The summed E-state index contributed by atoms with van der Waals surface area (Å²) in [5.74, 6) is 3.18. The van der Waals surface area contributed by atoms with Crippen LogP contribution in [-0.2, 0) is 0 Å². The third kappa shape index (κ3) is 3.51. The van der Waals surface area contributed by atoms with Crippen molar-refractivity contribution in [1.82, 2.24) is 5.01 Å². The van der Waals surface area contributed by atoms with Gasteiger partial charge in [-0.2, -0.15) is 5.10 Å². The van der Waals surface area contributed by atoms with Crippen LogP contribution in [0, 0.1) is 0 Å². The molecular formula is C26H26N2O4. The van der Waals surface area contributed by atoms with Crippen molar-refractivity contribution < 1.29 is 18.9 Å². The van der Waals surface area contributed by atoms with Crippen LogP contribution >= 0.6 is 0 Å². The van der Waals surface area contributed by atoms with Gasteiger partial charge in [-0.1, -0.05) is 12.1 Å². The summed E-state index contributed by atoms with van der Waals surface area (Å²) in [4.78, 5) is 0. The summed E-state index contributed by atoms with van der Waals surface area (Å²) in [6, 6.07) is 22.1. The van der Waals surface area contributed by atoms with Crippen molar-refractivity contribution in [3.05, 3.63) is 83.4 Å². The van der Waals surface area contributed by atoms with E-state index in [2.05, 4.69) is 23.2 Å². The number of rotatable bonds is 6. The molecule has 0 aromatic heterocycles. The second-order valence-corrected chi connectivity index (χ2v) is 7.73. The van der Waals surface area contributed by atoms with Gasteiger partial charge in [-0.15, -0.1) is 0 Å². The average Bonchev–Trinajstić information content (AvgIpc) is 3.30. The molecule has 0 saturated carbocycles. The van der Waals surface area contributed by atoms with Crippen LogP contribution in [0.4, 0.5) is 0 Å². The summed E-state index contributed by atoms with van der Waals surface area (Å²) in [6.07, 6.45) is 0.416. The van der Waals surface area contributed by atoms with E-state index >= 15 is 0 Å². The molecule has 2 heterocycles. The molecule has 0 saturated heterocycles. The summed E-state index contributed by atoms with van der Waals surface area (Å²) in [5.41, 5.74) is 4.19. The Morgan fingerprint density at radius 1 is 0.938 bits per heavy atom. The normalized spacial score (nSPS) is 18.8. The van der Waals surface area contributed by atoms with Crippen molar-refractivity contribution in [3.63, 3.8) is 0 Å². The van der Waals surface area contributed by atoms with Crippen molar-refractivity contribution in [2.75, 3.05) is 20.8 Å². The first-order valence-corrected chi connectivity index (χ1v) is 10.8. The molecule has 5 rings (SSSR count). The fourth-order valence-corrected chi connectivity index (χ4v) is 4.32. The first-order chi connectivity index (χ1) is 15.7. The first-order valence-electron chi connectivity index (χ1n) is 10.8. The zero-order valence-electron chi connectivity index (χ0n) is 18.4. The number of ether oxygens (including phenoxy) is 4. The predicted octanol–water partition coefficient (Wildman–Crippen LogP) is 5.34. The number of benzene rings is 3. The van der Waals surface area contributed by atoms with Crippen LogP contribution in [0.1, 0.15) is 42.3 Å². The predicted molar refractivity (Wildman–Crippen MR) is 123 cm³/mol. The molecule has 2 aliphatic heterocycles. The van der Waals surface area contributed by atoms with Crippen LogP contribution in [-0.4, -0.2) is 31.5 Å². The lowest BCUT2D eigenvalue weighted by atomic mass is 9.95. The second-order valence-electron chi connectivity index (χ2n) is 7.73. The molecule has 0 spiro atoms. The molecule has 2 atom stereocenters. The van der Waals surface area contributed by atoms with E-state index in [9.17, 15) is 0 Å². The molecule has 2 aliphatic rings. The van der Waals surface area contributed by atoms with Gasteiger partial charge in [0.2, 0.25) is 6.23 Å². The van der Waals surface area contributed by atoms with Gasteiger partial charge in [-0.05, 0) is 67.1 Å². The molecule has 6 heteroatoms. The van der Waals surface area contributed by atoms with Gasteiger partial charge in [-0.25, -0.2) is 5.01 Å². The van der Waals surface area contributed by atoms with Crippen LogP contribution in [0.25, 0.3) is 0 Å². The molecule has 3 aromatic rings. The third-order valence-electron chi connectivity index (χ3n) is 5.90. The maximum absolute atomic E-state index is 6.50. The minimum atomic E-state index is -0.366. The summed E-state index contributed by atoms with van der Waals surface area (Å²) in [5, 5.41) is 7.09. The molecule has 6 nitrogen and oxygen atoms in total. The Labute approximate surface area is 188 Å². The van der Waals surface area contributed by atoms with Gasteiger partial charge in [0.15, 0.2) is 11.5 Å². The van der Waals surface area contributed by atoms with Gasteiger partial charge in [0.1, 0.15) is 11.5 Å². The molecule has 3 aromatic carbocycles. The van der Waals surface area contributed by atoms with Crippen LogP contribution < -0.4 is 18.9 Å². The Balaban J connectivity index is 1.55. The third-order valence-corrected chi connectivity index (χ3v) is 5.90. The Hall–Kier alpha value is -3.67. The van der Waals surface area contributed by atoms with E-state index in [0.717, 1.165) is 51.8 Å². The molecule has 0 radical (unpaired) electrons. The van der Waals surface area contributed by atoms with E-state index in [4.69, 9.17) is 24.0 Å². The smallest absolute Gasteiger partial charge is 0.214 e. The van der Waals surface area contributed by atoms with Crippen molar-refractivity contribution in [1.29, 1.82) is 0 Å². The second kappa shape index (κ2) is 8.46. The summed E-state index contributed by atoms with van der Waals surface area (Å²) >= 11 is 0. The summed E-state index contributed by atoms with van der Waals surface area (Å²) < 4.78 is 23.0. The number of methoxy groups -OCH3 is 2. The van der Waals surface area contributed by atoms with Gasteiger partial charge in [0, 0.05) is 17.5 Å². The Morgan fingerprint density at radius 2 is 1.69 bits per heavy atom. The van der Waals surface area contributed by atoms with Crippen molar-refractivity contribution in [2.45, 2.75) is 25.6 Å². The number of para-hydroxylation sites is 1. The fourth-order valence-electron chi connectivity index (χ4n) is 4.32. The van der Waals surface area contributed by atoms with Crippen LogP contribution in [0.2, 0.25) is 0 Å². The number of fused-ring (bicyclic) bond motifs is 3. The highest BCUT2D eigenvalue weighted by atomic mass is 16.5. The van der Waals surface area contributed by atoms with Gasteiger partial charge >= 0.3 is 0 Å². The lowest BCUT2D eigenvalue weighted by Gasteiger charge is -2.38. The Morgan fingerprint density at radius 3 is 2.38 bits per heavy atom. The van der Waals surface area contributed by atoms with Gasteiger partial charge in [0.05, 0.1) is 32.6 Å². The number of hydrazone groups is 1. The van der Waals surface area contributed by atoms with Crippen LogP contribution in [0.3, 0.4) is 0 Å². The van der Waals surface area contributed by atoms with E-state index in [1.54, 1.807) is 14.2 Å². The maximum atomic E-state index is 6.50. The maximum Gasteiger partial charge on any atom is 0.214 e. The number of nitrogens with zero attached hydrogens (tertiary/aromatic N) is 2. The van der Waals surface area contributed by atoms with Gasteiger partial charge in [0.25, 0.3) is 0 Å². The highest BCUT2D eigenvalue weighted by Crippen LogP contribution is 2.50. The Bertz CT molecular complexity index is 1130. The van der Waals surface area contributed by atoms with E-state index in [1.807, 2.05) is 55.5 Å². The average molecular weight is 431 g/mol. The molecular weight excluding hydrogens is 404 g/mol. The fraction of sp³-hybridized carbons (Fsp3) is 0.269. The van der Waals surface area contributed by atoms with E-state index in [-0.39, 0.29) is 12.3 Å². The van der Waals surface area contributed by atoms with Crippen molar-refractivity contribution in [2.24, 2.45) is 5.10 Å². The molecule has 0 fully saturated rings. The minimum absolute atomic E-state index is 0.0579. The topological polar surface area (TPSA) is 52.5 Å². The Kier molecular flexibility index (Phi) is 5.35. The summed E-state index contributed by atoms with van der Waals surface area (Å²) in [6.45, 7) is 2.63. The van der Waals surface area contributed by atoms with Crippen molar-refractivity contribution >= 4 is 5.71 Å². The quantitative estimate of drug-likeness (QED) is 0.528. The molecule has 164 valence electrons. The molecule has 0 amide bonds. The lowest BCUT2D eigenvalue weighted by Crippen LogP contribution is -2.33. The monoisotopic (exact) mass is 430 g/mol. The standard InChI is InChI=1S/C26H26N2O4/c1-4-31-20-14-8-17(9-15-20)22-16-23-21-6-5-7-24(30-3)25(21)32-26(28(23)27-22)18-10-12-19(29-2)13-11-18/h5-15,23,26H,4,16H2,1-3H3. The molecule has 0 aliphatic carbocycles. The zero-order valence-corrected chi connectivity index (χ0v) is 18.4. The number of hydrogen-bond donors (Lipinski definition) is 0.